The Labute approximate surface area is 111 Å². The zero-order valence-corrected chi connectivity index (χ0v) is 11.0. The Morgan fingerprint density at radius 3 is 2.67 bits per heavy atom. The lowest BCUT2D eigenvalue weighted by Gasteiger charge is -2.18. The summed E-state index contributed by atoms with van der Waals surface area (Å²) in [5.41, 5.74) is 2.61. The van der Waals surface area contributed by atoms with Gasteiger partial charge in [0.25, 0.3) is 0 Å². The second kappa shape index (κ2) is 5.46. The Bertz CT molecular complexity index is 540. The van der Waals surface area contributed by atoms with Crippen molar-refractivity contribution < 1.29 is 4.39 Å². The summed E-state index contributed by atoms with van der Waals surface area (Å²) < 4.78 is 13.3. The standard InChI is InChI=1S/C14H14ClFN2/c1-9-3-4-10(8-18-9)14(17-2)12-7-11(16)5-6-13(12)15/h3-8,14,17H,1-2H3. The van der Waals surface area contributed by atoms with Crippen molar-refractivity contribution in [1.29, 1.82) is 0 Å². The van der Waals surface area contributed by atoms with Crippen molar-refractivity contribution in [2.24, 2.45) is 0 Å². The molecule has 2 nitrogen and oxygen atoms in total. The summed E-state index contributed by atoms with van der Waals surface area (Å²) in [5.74, 6) is -0.297. The molecule has 2 aromatic rings. The van der Waals surface area contributed by atoms with Crippen molar-refractivity contribution in [1.82, 2.24) is 10.3 Å². The molecule has 0 aliphatic rings. The third-order valence-electron chi connectivity index (χ3n) is 2.83. The predicted octanol–water partition coefficient (Wildman–Crippen LogP) is 3.49. The van der Waals surface area contributed by atoms with Crippen LogP contribution in [0.1, 0.15) is 22.9 Å². The van der Waals surface area contributed by atoms with Crippen LogP contribution in [0.25, 0.3) is 0 Å². The summed E-state index contributed by atoms with van der Waals surface area (Å²) in [6.07, 6.45) is 1.78. The van der Waals surface area contributed by atoms with Gasteiger partial charge in [-0.2, -0.15) is 0 Å². The van der Waals surface area contributed by atoms with Crippen molar-refractivity contribution in [3.05, 3.63) is 64.2 Å². The van der Waals surface area contributed by atoms with Gasteiger partial charge in [0.1, 0.15) is 5.82 Å². The van der Waals surface area contributed by atoms with Crippen LogP contribution in [-0.4, -0.2) is 12.0 Å². The van der Waals surface area contributed by atoms with E-state index in [9.17, 15) is 4.39 Å². The van der Waals surface area contributed by atoms with Gasteiger partial charge in [0.2, 0.25) is 0 Å². The highest BCUT2D eigenvalue weighted by atomic mass is 35.5. The first kappa shape index (κ1) is 13.0. The molecule has 0 aliphatic heterocycles. The van der Waals surface area contributed by atoms with Gasteiger partial charge in [0, 0.05) is 16.9 Å². The van der Waals surface area contributed by atoms with Crippen molar-refractivity contribution in [2.45, 2.75) is 13.0 Å². The molecule has 1 aromatic heterocycles. The van der Waals surface area contributed by atoms with Gasteiger partial charge in [0.05, 0.1) is 6.04 Å². The van der Waals surface area contributed by atoms with Gasteiger partial charge in [0.15, 0.2) is 0 Å². The first-order valence-corrected chi connectivity index (χ1v) is 6.04. The molecular formula is C14H14ClFN2. The minimum absolute atomic E-state index is 0.165. The number of nitrogens with one attached hydrogen (secondary N) is 1. The summed E-state index contributed by atoms with van der Waals surface area (Å²) in [4.78, 5) is 4.25. The smallest absolute Gasteiger partial charge is 0.123 e. The van der Waals surface area contributed by atoms with Gasteiger partial charge in [-0.25, -0.2) is 4.39 Å². The fourth-order valence-electron chi connectivity index (χ4n) is 1.89. The topological polar surface area (TPSA) is 24.9 Å². The second-order valence-corrected chi connectivity index (χ2v) is 4.53. The second-order valence-electron chi connectivity index (χ2n) is 4.12. The lowest BCUT2D eigenvalue weighted by molar-refractivity contribution is 0.616. The van der Waals surface area contributed by atoms with Crippen LogP contribution in [0.3, 0.4) is 0 Å². The number of aromatic nitrogens is 1. The summed E-state index contributed by atoms with van der Waals surface area (Å²) in [6.45, 7) is 1.92. The Kier molecular flexibility index (Phi) is 3.94. The molecule has 2 rings (SSSR count). The van der Waals surface area contributed by atoms with Gasteiger partial charge in [-0.15, -0.1) is 0 Å². The van der Waals surface area contributed by atoms with Crippen LogP contribution in [0.4, 0.5) is 4.39 Å². The number of aryl methyl sites for hydroxylation is 1. The van der Waals surface area contributed by atoms with Crippen LogP contribution in [0.2, 0.25) is 5.02 Å². The number of hydrogen-bond donors (Lipinski definition) is 1. The van der Waals surface area contributed by atoms with E-state index < -0.39 is 0 Å². The minimum atomic E-state index is -0.297. The molecule has 4 heteroatoms. The summed E-state index contributed by atoms with van der Waals surface area (Å²) >= 11 is 6.12. The summed E-state index contributed by atoms with van der Waals surface area (Å²) in [6, 6.07) is 8.09. The molecule has 1 atom stereocenters. The van der Waals surface area contributed by atoms with Crippen LogP contribution >= 0.6 is 11.6 Å². The van der Waals surface area contributed by atoms with Crippen LogP contribution in [0, 0.1) is 12.7 Å². The molecule has 1 N–H and O–H groups in total. The zero-order chi connectivity index (χ0) is 13.1. The SMILES string of the molecule is CNC(c1ccc(C)nc1)c1cc(F)ccc1Cl. The molecule has 0 aliphatic carbocycles. The Morgan fingerprint density at radius 1 is 1.28 bits per heavy atom. The van der Waals surface area contributed by atoms with E-state index in [0.29, 0.717) is 10.6 Å². The zero-order valence-electron chi connectivity index (χ0n) is 10.2. The molecule has 0 radical (unpaired) electrons. The molecule has 1 heterocycles. The number of benzene rings is 1. The predicted molar refractivity (Wildman–Crippen MR) is 71.3 cm³/mol. The maximum atomic E-state index is 13.3. The van der Waals surface area contributed by atoms with Gasteiger partial charge in [-0.3, -0.25) is 4.98 Å². The molecule has 1 aromatic carbocycles. The third-order valence-corrected chi connectivity index (χ3v) is 3.17. The van der Waals surface area contributed by atoms with Crippen LogP contribution in [0.15, 0.2) is 36.5 Å². The first-order chi connectivity index (χ1) is 8.61. The average molecular weight is 265 g/mol. The number of pyridine rings is 1. The van der Waals surface area contributed by atoms with E-state index in [4.69, 9.17) is 11.6 Å². The van der Waals surface area contributed by atoms with E-state index in [1.165, 1.54) is 12.1 Å². The van der Waals surface area contributed by atoms with Gasteiger partial charge in [-0.05, 0) is 49.4 Å². The third kappa shape index (κ3) is 2.68. The molecule has 0 bridgehead atoms. The number of nitrogens with zero attached hydrogens (tertiary/aromatic N) is 1. The molecule has 0 spiro atoms. The number of halogens is 2. The monoisotopic (exact) mass is 264 g/mol. The van der Waals surface area contributed by atoms with Crippen molar-refractivity contribution >= 4 is 11.6 Å². The highest BCUT2D eigenvalue weighted by molar-refractivity contribution is 6.31. The molecule has 0 amide bonds. The lowest BCUT2D eigenvalue weighted by Crippen LogP contribution is -2.18. The van der Waals surface area contributed by atoms with E-state index in [1.807, 2.05) is 26.1 Å². The minimum Gasteiger partial charge on any atom is -0.309 e. The molecule has 0 saturated heterocycles. The van der Waals surface area contributed by atoms with E-state index in [0.717, 1.165) is 11.3 Å². The fraction of sp³-hybridized carbons (Fsp3) is 0.214. The van der Waals surface area contributed by atoms with Crippen molar-refractivity contribution in [2.75, 3.05) is 7.05 Å². The van der Waals surface area contributed by atoms with Crippen LogP contribution < -0.4 is 5.32 Å². The van der Waals surface area contributed by atoms with Crippen LogP contribution in [0.5, 0.6) is 0 Å². The molecule has 18 heavy (non-hydrogen) atoms. The molecule has 0 saturated carbocycles. The maximum Gasteiger partial charge on any atom is 0.123 e. The lowest BCUT2D eigenvalue weighted by atomic mass is 10.00. The fourth-order valence-corrected chi connectivity index (χ4v) is 2.11. The normalized spacial score (nSPS) is 12.4. The molecule has 94 valence electrons. The van der Waals surface area contributed by atoms with E-state index in [1.54, 1.807) is 12.3 Å². The molecular weight excluding hydrogens is 251 g/mol. The Morgan fingerprint density at radius 2 is 2.06 bits per heavy atom. The number of hydrogen-bond acceptors (Lipinski definition) is 2. The van der Waals surface area contributed by atoms with Gasteiger partial charge < -0.3 is 5.32 Å². The Hall–Kier alpha value is -1.45. The number of rotatable bonds is 3. The van der Waals surface area contributed by atoms with Crippen molar-refractivity contribution in [3.8, 4) is 0 Å². The highest BCUT2D eigenvalue weighted by Crippen LogP contribution is 2.28. The van der Waals surface area contributed by atoms with Crippen LogP contribution in [-0.2, 0) is 0 Å². The first-order valence-electron chi connectivity index (χ1n) is 5.66. The quantitative estimate of drug-likeness (QED) is 0.918. The summed E-state index contributed by atoms with van der Waals surface area (Å²) in [5, 5.41) is 3.67. The maximum absolute atomic E-state index is 13.3. The van der Waals surface area contributed by atoms with Crippen molar-refractivity contribution in [3.63, 3.8) is 0 Å². The molecule has 1 unspecified atom stereocenters. The summed E-state index contributed by atoms with van der Waals surface area (Å²) in [7, 11) is 1.81. The van der Waals surface area contributed by atoms with Gasteiger partial charge >= 0.3 is 0 Å². The van der Waals surface area contributed by atoms with E-state index in [2.05, 4.69) is 10.3 Å². The van der Waals surface area contributed by atoms with Gasteiger partial charge in [-0.1, -0.05) is 17.7 Å². The average Bonchev–Trinajstić information content (AvgIpc) is 2.37. The highest BCUT2D eigenvalue weighted by Gasteiger charge is 2.16. The van der Waals surface area contributed by atoms with E-state index in [-0.39, 0.29) is 11.9 Å². The van der Waals surface area contributed by atoms with E-state index >= 15 is 0 Å². The molecule has 0 fully saturated rings. The largest absolute Gasteiger partial charge is 0.309 e. The Balaban J connectivity index is 2.44.